The minimum atomic E-state index is 0. The molecule has 1 aliphatic heterocycles. The third-order valence-electron chi connectivity index (χ3n) is 3.77. The van der Waals surface area contributed by atoms with Crippen LogP contribution in [0.15, 0.2) is 35.8 Å². The molecule has 3 rings (SSSR count). The first-order valence-corrected chi connectivity index (χ1v) is 8.17. The second kappa shape index (κ2) is 9.88. The summed E-state index contributed by atoms with van der Waals surface area (Å²) in [4.78, 5) is 16.1. The van der Waals surface area contributed by atoms with Gasteiger partial charge in [0.25, 0.3) is 0 Å². The predicted molar refractivity (Wildman–Crippen MR) is 98.8 cm³/mol. The van der Waals surface area contributed by atoms with Crippen molar-refractivity contribution in [2.45, 2.75) is 25.3 Å². The summed E-state index contributed by atoms with van der Waals surface area (Å²) >= 11 is 1.60. The minimum Gasteiger partial charge on any atom is -0.354 e. The summed E-state index contributed by atoms with van der Waals surface area (Å²) in [6, 6.07) is 8.68. The van der Waals surface area contributed by atoms with Gasteiger partial charge >= 0.3 is 0 Å². The van der Waals surface area contributed by atoms with Crippen molar-refractivity contribution in [3.05, 3.63) is 52.0 Å². The molecule has 0 spiro atoms. The number of fused-ring (bicyclic) bond motifs is 1. The van der Waals surface area contributed by atoms with E-state index in [9.17, 15) is 4.79 Å². The number of benzene rings is 1. The number of halogens is 2. The quantitative estimate of drug-likeness (QED) is 0.846. The lowest BCUT2D eigenvalue weighted by atomic mass is 9.94. The van der Waals surface area contributed by atoms with Gasteiger partial charge in [-0.3, -0.25) is 4.79 Å². The Morgan fingerprint density at radius 3 is 2.96 bits per heavy atom. The van der Waals surface area contributed by atoms with E-state index in [0.717, 1.165) is 24.4 Å². The van der Waals surface area contributed by atoms with Gasteiger partial charge in [0.15, 0.2) is 0 Å². The van der Waals surface area contributed by atoms with Gasteiger partial charge in [-0.1, -0.05) is 24.3 Å². The number of hydrogen-bond donors (Lipinski definition) is 2. The second-order valence-electron chi connectivity index (χ2n) is 5.19. The molecule has 0 radical (unpaired) electrons. The highest BCUT2D eigenvalue weighted by molar-refractivity contribution is 7.09. The van der Waals surface area contributed by atoms with Crippen LogP contribution in [-0.2, 0) is 17.6 Å². The molecule has 0 aliphatic carbocycles. The zero-order chi connectivity index (χ0) is 14.5. The highest BCUT2D eigenvalue weighted by Gasteiger charge is 2.19. The number of nitrogens with one attached hydrogen (secondary N) is 2. The zero-order valence-electron chi connectivity index (χ0n) is 12.7. The van der Waals surface area contributed by atoms with E-state index in [4.69, 9.17) is 0 Å². The molecule has 2 aromatic rings. The molecule has 2 heterocycles. The Kier molecular flexibility index (Phi) is 8.55. The summed E-state index contributed by atoms with van der Waals surface area (Å²) in [5, 5.41) is 9.47. The lowest BCUT2D eigenvalue weighted by Crippen LogP contribution is -2.38. The van der Waals surface area contributed by atoms with E-state index < -0.39 is 0 Å². The largest absolute Gasteiger partial charge is 0.354 e. The van der Waals surface area contributed by atoms with E-state index in [-0.39, 0.29) is 36.8 Å². The Bertz CT molecular complexity index is 607. The molecule has 1 aromatic carbocycles. The van der Waals surface area contributed by atoms with Gasteiger partial charge in [0.2, 0.25) is 5.91 Å². The third-order valence-corrected chi connectivity index (χ3v) is 4.61. The van der Waals surface area contributed by atoms with Gasteiger partial charge in [0.1, 0.15) is 0 Å². The van der Waals surface area contributed by atoms with Crippen molar-refractivity contribution in [1.82, 2.24) is 15.6 Å². The van der Waals surface area contributed by atoms with E-state index in [1.54, 1.807) is 17.5 Å². The van der Waals surface area contributed by atoms with Crippen molar-refractivity contribution in [2.24, 2.45) is 0 Å². The average molecular weight is 374 g/mol. The SMILES string of the molecule is Cl.Cl.O=C(CCc1nccs1)NCC1NCCc2ccccc21. The fourth-order valence-electron chi connectivity index (χ4n) is 2.68. The molecular formula is C16H21Cl2N3OS. The van der Waals surface area contributed by atoms with Crippen molar-refractivity contribution >= 4 is 42.1 Å². The molecule has 0 saturated carbocycles. The molecule has 7 heteroatoms. The normalized spacial score (nSPS) is 15.7. The van der Waals surface area contributed by atoms with E-state index in [0.29, 0.717) is 13.0 Å². The van der Waals surface area contributed by atoms with Crippen molar-refractivity contribution in [1.29, 1.82) is 0 Å². The monoisotopic (exact) mass is 373 g/mol. The van der Waals surface area contributed by atoms with Crippen LogP contribution in [-0.4, -0.2) is 24.0 Å². The number of amides is 1. The Hall–Kier alpha value is -1.14. The fourth-order valence-corrected chi connectivity index (χ4v) is 3.30. The van der Waals surface area contributed by atoms with Crippen LogP contribution in [0.2, 0.25) is 0 Å². The van der Waals surface area contributed by atoms with Crippen LogP contribution in [0, 0.1) is 0 Å². The maximum Gasteiger partial charge on any atom is 0.220 e. The van der Waals surface area contributed by atoms with Crippen molar-refractivity contribution in [3.8, 4) is 0 Å². The number of hydrogen-bond acceptors (Lipinski definition) is 4. The first kappa shape index (κ1) is 19.9. The molecule has 1 unspecified atom stereocenters. The molecule has 1 aromatic heterocycles. The van der Waals surface area contributed by atoms with Gasteiger partial charge in [0, 0.05) is 37.0 Å². The zero-order valence-corrected chi connectivity index (χ0v) is 15.1. The van der Waals surface area contributed by atoms with Crippen molar-refractivity contribution in [3.63, 3.8) is 0 Å². The molecule has 126 valence electrons. The van der Waals surface area contributed by atoms with Gasteiger partial charge in [-0.25, -0.2) is 4.98 Å². The molecule has 4 nitrogen and oxygen atoms in total. The Labute approximate surface area is 152 Å². The molecular weight excluding hydrogens is 353 g/mol. The molecule has 2 N–H and O–H groups in total. The molecule has 0 fully saturated rings. The van der Waals surface area contributed by atoms with E-state index >= 15 is 0 Å². The van der Waals surface area contributed by atoms with Gasteiger partial charge in [-0.2, -0.15) is 0 Å². The second-order valence-corrected chi connectivity index (χ2v) is 6.16. The Morgan fingerprint density at radius 1 is 1.35 bits per heavy atom. The number of nitrogens with zero attached hydrogens (tertiary/aromatic N) is 1. The lowest BCUT2D eigenvalue weighted by molar-refractivity contribution is -0.121. The number of carbonyl (C=O) groups is 1. The fraction of sp³-hybridized carbons (Fsp3) is 0.375. The standard InChI is InChI=1S/C16H19N3OS.2ClH/c20-15(5-6-16-18-9-10-21-16)19-11-14-13-4-2-1-3-12(13)7-8-17-14;;/h1-4,9-10,14,17H,5-8,11H2,(H,19,20);2*1H. The van der Waals surface area contributed by atoms with Crippen molar-refractivity contribution in [2.75, 3.05) is 13.1 Å². The van der Waals surface area contributed by atoms with E-state index in [1.165, 1.54) is 11.1 Å². The highest BCUT2D eigenvalue weighted by atomic mass is 35.5. The molecule has 1 aliphatic rings. The number of aryl methyl sites for hydroxylation is 1. The van der Waals surface area contributed by atoms with Crippen LogP contribution < -0.4 is 10.6 Å². The van der Waals surface area contributed by atoms with E-state index in [2.05, 4.69) is 39.9 Å². The summed E-state index contributed by atoms with van der Waals surface area (Å²) in [6.07, 6.45) is 4.06. The summed E-state index contributed by atoms with van der Waals surface area (Å²) in [5.41, 5.74) is 2.70. The van der Waals surface area contributed by atoms with Crippen LogP contribution in [0.4, 0.5) is 0 Å². The predicted octanol–water partition coefficient (Wildman–Crippen LogP) is 2.92. The van der Waals surface area contributed by atoms with Gasteiger partial charge in [-0.05, 0) is 24.1 Å². The molecule has 0 bridgehead atoms. The summed E-state index contributed by atoms with van der Waals surface area (Å²) in [6.45, 7) is 1.62. The summed E-state index contributed by atoms with van der Waals surface area (Å²) in [5.74, 6) is 0.0926. The molecule has 0 saturated heterocycles. The summed E-state index contributed by atoms with van der Waals surface area (Å²) in [7, 11) is 0. The molecule has 23 heavy (non-hydrogen) atoms. The number of thiazole rings is 1. The number of aromatic nitrogens is 1. The third kappa shape index (κ3) is 5.46. The average Bonchev–Trinajstić information content (AvgIpc) is 3.04. The van der Waals surface area contributed by atoms with Gasteiger partial charge < -0.3 is 10.6 Å². The van der Waals surface area contributed by atoms with Crippen LogP contribution in [0.3, 0.4) is 0 Å². The first-order chi connectivity index (χ1) is 10.3. The summed E-state index contributed by atoms with van der Waals surface area (Å²) < 4.78 is 0. The van der Waals surface area contributed by atoms with Gasteiger partial charge in [-0.15, -0.1) is 36.2 Å². The number of carbonyl (C=O) groups excluding carboxylic acids is 1. The Morgan fingerprint density at radius 2 is 2.17 bits per heavy atom. The van der Waals surface area contributed by atoms with Crippen LogP contribution in [0.1, 0.15) is 28.6 Å². The molecule has 1 amide bonds. The smallest absolute Gasteiger partial charge is 0.220 e. The lowest BCUT2D eigenvalue weighted by Gasteiger charge is -2.27. The van der Waals surface area contributed by atoms with Crippen molar-refractivity contribution < 1.29 is 4.79 Å². The van der Waals surface area contributed by atoms with Gasteiger partial charge in [0.05, 0.1) is 5.01 Å². The maximum atomic E-state index is 11.9. The molecule has 1 atom stereocenters. The van der Waals surface area contributed by atoms with Crippen LogP contribution in [0.25, 0.3) is 0 Å². The minimum absolute atomic E-state index is 0. The van der Waals surface area contributed by atoms with Crippen LogP contribution >= 0.6 is 36.2 Å². The maximum absolute atomic E-state index is 11.9. The Balaban J connectivity index is 0.00000132. The first-order valence-electron chi connectivity index (χ1n) is 7.29. The highest BCUT2D eigenvalue weighted by Crippen LogP contribution is 2.21. The number of rotatable bonds is 5. The van der Waals surface area contributed by atoms with E-state index in [1.807, 2.05) is 5.38 Å². The van der Waals surface area contributed by atoms with Crippen LogP contribution in [0.5, 0.6) is 0 Å². The topological polar surface area (TPSA) is 54.0 Å².